The number of hydrogen-bond acceptors (Lipinski definition) is 0. The second-order valence-electron chi connectivity index (χ2n) is 9.05. The van der Waals surface area contributed by atoms with Gasteiger partial charge >= 0.3 is 193 Å². The van der Waals surface area contributed by atoms with E-state index in [9.17, 15) is 0 Å². The van der Waals surface area contributed by atoms with E-state index < -0.39 is 15.3 Å². The first-order valence-electron chi connectivity index (χ1n) is 11.4. The van der Waals surface area contributed by atoms with Crippen molar-refractivity contribution in [1.29, 1.82) is 0 Å². The Kier molecular flexibility index (Phi) is 5.37. The second-order valence-corrected chi connectivity index (χ2v) is 17.6. The summed E-state index contributed by atoms with van der Waals surface area (Å²) in [5.41, 5.74) is 2.62. The Bertz CT molecular complexity index is 1220. The zero-order chi connectivity index (χ0) is 22.0. The summed E-state index contributed by atoms with van der Waals surface area (Å²) in [7, 11) is 0. The van der Waals surface area contributed by atoms with Gasteiger partial charge in [0.1, 0.15) is 0 Å². The molecule has 157 valence electrons. The van der Waals surface area contributed by atoms with Crippen LogP contribution < -0.4 is 15.5 Å². The van der Waals surface area contributed by atoms with Crippen LogP contribution in [0, 0.1) is 13.8 Å². The Hall–Kier alpha value is -2.93. The number of hydrogen-bond donors (Lipinski definition) is 0. The van der Waals surface area contributed by atoms with E-state index in [1.807, 2.05) is 0 Å². The van der Waals surface area contributed by atoms with Crippen LogP contribution >= 0.6 is 0 Å². The average Bonchev–Trinajstić information content (AvgIpc) is 3.38. The quantitative estimate of drug-likeness (QED) is 0.356. The predicted octanol–water partition coefficient (Wildman–Crippen LogP) is 5.44. The van der Waals surface area contributed by atoms with Crippen molar-refractivity contribution >= 4 is 15.5 Å². The van der Waals surface area contributed by atoms with Crippen LogP contribution in [0.25, 0.3) is 0 Å². The first-order valence-corrected chi connectivity index (χ1v) is 15.3. The maximum absolute atomic E-state index is 4.25. The zero-order valence-corrected chi connectivity index (χ0v) is 20.4. The first kappa shape index (κ1) is 20.9. The van der Waals surface area contributed by atoms with Crippen molar-refractivity contribution in [3.05, 3.63) is 142 Å². The Morgan fingerprint density at radius 1 is 0.531 bits per heavy atom. The first-order chi connectivity index (χ1) is 15.7. The molecule has 0 N–H and O–H groups in total. The van der Waals surface area contributed by atoms with Gasteiger partial charge in [-0.1, -0.05) is 0 Å². The van der Waals surface area contributed by atoms with E-state index in [4.69, 9.17) is 0 Å². The van der Waals surface area contributed by atoms with Crippen molar-refractivity contribution < 1.29 is 15.3 Å². The van der Waals surface area contributed by atoms with E-state index >= 15 is 0 Å². The summed E-state index contributed by atoms with van der Waals surface area (Å²) in [6.07, 6.45) is 8.00. The zero-order valence-electron chi connectivity index (χ0n) is 18.8. The fourth-order valence-electron chi connectivity index (χ4n) is 6.01. The van der Waals surface area contributed by atoms with Gasteiger partial charge in [0, 0.05) is 0 Å². The molecule has 32 heavy (non-hydrogen) atoms. The molecule has 0 atom stereocenters. The number of allylic oxidation sites excluding steroid dienone is 4. The minimum atomic E-state index is -4.25. The molecule has 0 saturated heterocycles. The van der Waals surface area contributed by atoms with Gasteiger partial charge in [-0.05, 0) is 0 Å². The van der Waals surface area contributed by atoms with E-state index in [1.54, 1.807) is 3.88 Å². The van der Waals surface area contributed by atoms with E-state index in [-0.39, 0.29) is 0 Å². The molecule has 0 aliphatic heterocycles. The summed E-state index contributed by atoms with van der Waals surface area (Å²) in [6.45, 7) is 4.44. The van der Waals surface area contributed by atoms with Crippen LogP contribution in [0.1, 0.15) is 17.5 Å². The molecule has 0 amide bonds. The Morgan fingerprint density at radius 3 is 1.41 bits per heavy atom. The Morgan fingerprint density at radius 2 is 1.00 bits per heavy atom. The molecule has 0 heterocycles. The molecule has 4 aromatic carbocycles. The van der Waals surface area contributed by atoms with E-state index in [0.717, 1.165) is 6.42 Å². The molecular weight excluding hydrogens is 420 g/mol. The van der Waals surface area contributed by atoms with Gasteiger partial charge in [0.05, 0.1) is 0 Å². The molecule has 0 spiro atoms. The third kappa shape index (κ3) is 2.87. The fraction of sp³-hybridized carbons (Fsp3) is 0.0968. The maximum atomic E-state index is 2.46. The molecule has 0 bridgehead atoms. The fourth-order valence-corrected chi connectivity index (χ4v) is 18.6. The van der Waals surface area contributed by atoms with Crippen molar-refractivity contribution in [3.8, 4) is 0 Å². The van der Waals surface area contributed by atoms with Crippen LogP contribution in [0.15, 0.2) is 131 Å². The molecule has 0 nitrogen and oxygen atoms in total. The summed E-state index contributed by atoms with van der Waals surface area (Å²) < 4.78 is 7.43. The average molecular weight is 449 g/mol. The van der Waals surface area contributed by atoms with E-state index in [1.165, 1.54) is 26.6 Å². The van der Waals surface area contributed by atoms with Crippen LogP contribution in [-0.4, -0.2) is 0 Å². The van der Waals surface area contributed by atoms with Crippen molar-refractivity contribution in [1.82, 2.24) is 0 Å². The monoisotopic (exact) mass is 449 g/mol. The summed E-state index contributed by atoms with van der Waals surface area (Å²) in [4.78, 5) is 0. The molecule has 1 heteroatoms. The van der Waals surface area contributed by atoms with Crippen molar-refractivity contribution in [2.24, 2.45) is 0 Å². The predicted molar refractivity (Wildman–Crippen MR) is 136 cm³/mol. The van der Waals surface area contributed by atoms with Gasteiger partial charge in [-0.15, -0.1) is 0 Å². The van der Waals surface area contributed by atoms with Gasteiger partial charge in [0.25, 0.3) is 0 Å². The minimum absolute atomic E-state index is 0.989. The topological polar surface area (TPSA) is 0 Å². The van der Waals surface area contributed by atoms with Crippen LogP contribution in [0.2, 0.25) is 0 Å². The third-order valence-corrected chi connectivity index (χ3v) is 19.1. The number of rotatable bonds is 5. The van der Waals surface area contributed by atoms with Gasteiger partial charge in [0.15, 0.2) is 0 Å². The van der Waals surface area contributed by atoms with Gasteiger partial charge in [-0.25, -0.2) is 0 Å². The van der Waals surface area contributed by atoms with Crippen LogP contribution in [-0.2, 0) is 15.3 Å². The molecule has 0 aromatic heterocycles. The molecule has 0 unspecified atom stereocenters. The van der Waals surface area contributed by atoms with Gasteiger partial charge in [0.2, 0.25) is 0 Å². The molecule has 1 aliphatic carbocycles. The molecule has 0 fully saturated rings. The molecule has 1 aliphatic rings. The van der Waals surface area contributed by atoms with E-state index in [0.29, 0.717) is 0 Å². The Balaban J connectivity index is 2.12. The standard InChI is InChI=1S/2C7H7.2C6H5.C5H5.Ti/c2*1-7-5-3-2-4-6-7;2*1-2-4-6-5-3-1;1-2-4-5-3-1;/h2*2-3,5-6H,1H3;2*1-5H;1-3H,4H2;. The van der Waals surface area contributed by atoms with E-state index in [2.05, 4.69) is 141 Å². The van der Waals surface area contributed by atoms with Crippen molar-refractivity contribution in [2.45, 2.75) is 20.3 Å². The number of benzene rings is 4. The molecule has 4 aromatic rings. The molecule has 0 radical (unpaired) electrons. The summed E-state index contributed by atoms with van der Waals surface area (Å²) in [5, 5.41) is 0. The van der Waals surface area contributed by atoms with Crippen LogP contribution in [0.3, 0.4) is 0 Å². The van der Waals surface area contributed by atoms with Gasteiger partial charge in [-0.2, -0.15) is 0 Å². The summed E-state index contributed by atoms with van der Waals surface area (Å²) in [5.74, 6) is 0. The normalized spacial score (nSPS) is 14.6. The Labute approximate surface area is 192 Å². The summed E-state index contributed by atoms with van der Waals surface area (Å²) in [6, 6.07) is 41.3. The van der Waals surface area contributed by atoms with Gasteiger partial charge < -0.3 is 0 Å². The second kappa shape index (κ2) is 8.21. The summed E-state index contributed by atoms with van der Waals surface area (Å²) >= 11 is -4.25. The van der Waals surface area contributed by atoms with Crippen molar-refractivity contribution in [2.75, 3.05) is 0 Å². The third-order valence-electron chi connectivity index (χ3n) is 7.31. The van der Waals surface area contributed by atoms with Crippen molar-refractivity contribution in [3.63, 3.8) is 0 Å². The number of aryl methyl sites for hydroxylation is 2. The molecule has 0 saturated carbocycles. The SMILES string of the molecule is Cc1ccc[c]([Ti]([C]2=CC=CC2)([c]2ccccc2)([c]2ccccc2)[c]2cccc(C)c2)c1. The molecular formula is C31H29Ti. The van der Waals surface area contributed by atoms with Crippen LogP contribution in [0.4, 0.5) is 0 Å². The van der Waals surface area contributed by atoms with Crippen LogP contribution in [0.5, 0.6) is 0 Å². The molecule has 5 rings (SSSR count). The van der Waals surface area contributed by atoms with Gasteiger partial charge in [-0.3, -0.25) is 0 Å².